The predicted molar refractivity (Wildman–Crippen MR) is 69.3 cm³/mol. The summed E-state index contributed by atoms with van der Waals surface area (Å²) >= 11 is 0. The molecule has 0 bridgehead atoms. The number of ether oxygens (including phenoxy) is 1. The van der Waals surface area contributed by atoms with E-state index in [1.165, 1.54) is 0 Å². The summed E-state index contributed by atoms with van der Waals surface area (Å²) in [6.45, 7) is 4.05. The number of carbonyl (C=O) groups is 1. The molecule has 1 aliphatic carbocycles. The fraction of sp³-hybridized carbons (Fsp3) is 0.500. The minimum absolute atomic E-state index is 0.149. The van der Waals surface area contributed by atoms with Crippen molar-refractivity contribution in [3.8, 4) is 0 Å². The van der Waals surface area contributed by atoms with Gasteiger partial charge in [-0.2, -0.15) is 0 Å². The fourth-order valence-electron chi connectivity index (χ4n) is 3.15. The van der Waals surface area contributed by atoms with Crippen LogP contribution in [0.1, 0.15) is 19.4 Å². The van der Waals surface area contributed by atoms with Crippen LogP contribution in [0.2, 0.25) is 0 Å². The fourth-order valence-corrected chi connectivity index (χ4v) is 5.57. The van der Waals surface area contributed by atoms with E-state index in [9.17, 15) is 13.2 Å². The first-order chi connectivity index (χ1) is 8.96. The molecule has 1 aliphatic heterocycles. The van der Waals surface area contributed by atoms with Crippen molar-refractivity contribution in [1.82, 2.24) is 0 Å². The Kier molecular flexibility index (Phi) is 2.55. The van der Waals surface area contributed by atoms with E-state index < -0.39 is 20.6 Å². The molecule has 0 radical (unpaired) electrons. The molecule has 19 heavy (non-hydrogen) atoms. The van der Waals surface area contributed by atoms with Crippen LogP contribution in [0.15, 0.2) is 29.2 Å². The van der Waals surface area contributed by atoms with Crippen molar-refractivity contribution >= 4 is 15.8 Å². The topological polar surface area (TPSA) is 60.4 Å². The van der Waals surface area contributed by atoms with Gasteiger partial charge in [-0.1, -0.05) is 26.0 Å². The molecule has 3 rings (SSSR count). The third-order valence-electron chi connectivity index (χ3n) is 4.52. The van der Waals surface area contributed by atoms with E-state index in [0.29, 0.717) is 0 Å². The van der Waals surface area contributed by atoms with Gasteiger partial charge in [-0.3, -0.25) is 4.79 Å². The number of carbonyl (C=O) groups excluding carboxylic acids is 1. The zero-order valence-corrected chi connectivity index (χ0v) is 11.7. The Bertz CT molecular complexity index is 632. The Balaban J connectivity index is 2.06. The third-order valence-corrected chi connectivity index (χ3v) is 7.14. The minimum atomic E-state index is -3.66. The molecule has 0 unspecified atom stereocenters. The van der Waals surface area contributed by atoms with Crippen molar-refractivity contribution in [3.05, 3.63) is 29.8 Å². The smallest absolute Gasteiger partial charge is 0.328 e. The second-order valence-electron chi connectivity index (χ2n) is 5.29. The predicted octanol–water partition coefficient (Wildman–Crippen LogP) is 1.58. The van der Waals surface area contributed by atoms with Crippen LogP contribution in [-0.2, 0) is 25.8 Å². The standard InChI is InChI=1S/C14H16O4S/c1-3-10-4-6-11(7-5-10)19(16,17)14-9(2)12(14)8-18-13(14)15/h4-7,9,12H,3,8H2,1-2H3/t9-,12+,14+/m0/s1. The highest BCUT2D eigenvalue weighted by molar-refractivity contribution is 7.94. The highest BCUT2D eigenvalue weighted by Gasteiger charge is 2.80. The van der Waals surface area contributed by atoms with E-state index in [-0.39, 0.29) is 23.3 Å². The molecule has 5 heteroatoms. The van der Waals surface area contributed by atoms with Crippen molar-refractivity contribution in [1.29, 1.82) is 0 Å². The van der Waals surface area contributed by atoms with E-state index in [1.807, 2.05) is 13.8 Å². The van der Waals surface area contributed by atoms with Gasteiger partial charge in [-0.15, -0.1) is 0 Å². The lowest BCUT2D eigenvalue weighted by molar-refractivity contribution is -0.140. The molecule has 0 N–H and O–H groups in total. The largest absolute Gasteiger partial charge is 0.464 e. The van der Waals surface area contributed by atoms with Crippen LogP contribution in [-0.4, -0.2) is 25.7 Å². The first kappa shape index (κ1) is 12.7. The molecule has 0 amide bonds. The summed E-state index contributed by atoms with van der Waals surface area (Å²) in [4.78, 5) is 12.1. The van der Waals surface area contributed by atoms with Crippen molar-refractivity contribution in [2.24, 2.45) is 11.8 Å². The van der Waals surface area contributed by atoms with Crippen LogP contribution in [0, 0.1) is 11.8 Å². The SMILES string of the molecule is CCc1ccc(S(=O)(=O)[C@@]23C(=O)OC[C@@H]2[C@@H]3C)cc1. The van der Waals surface area contributed by atoms with Gasteiger partial charge in [0, 0.05) is 5.92 Å². The summed E-state index contributed by atoms with van der Waals surface area (Å²) in [6.07, 6.45) is 0.854. The molecule has 3 atom stereocenters. The van der Waals surface area contributed by atoms with E-state index in [1.54, 1.807) is 24.3 Å². The van der Waals surface area contributed by atoms with Crippen molar-refractivity contribution < 1.29 is 17.9 Å². The Hall–Kier alpha value is -1.36. The summed E-state index contributed by atoms with van der Waals surface area (Å²) in [5.41, 5.74) is 1.07. The normalized spacial score (nSPS) is 32.8. The van der Waals surface area contributed by atoms with Crippen LogP contribution in [0.25, 0.3) is 0 Å². The second kappa shape index (κ2) is 3.82. The molecule has 1 saturated carbocycles. The number of aryl methyl sites for hydroxylation is 1. The van der Waals surface area contributed by atoms with Crippen LogP contribution >= 0.6 is 0 Å². The van der Waals surface area contributed by atoms with Gasteiger partial charge in [0.05, 0.1) is 11.5 Å². The number of fused-ring (bicyclic) bond motifs is 1. The number of benzene rings is 1. The zero-order valence-electron chi connectivity index (χ0n) is 10.9. The lowest BCUT2D eigenvalue weighted by Crippen LogP contribution is -2.34. The molecule has 1 heterocycles. The zero-order chi connectivity index (χ0) is 13.8. The van der Waals surface area contributed by atoms with Gasteiger partial charge in [0.1, 0.15) is 0 Å². The molecule has 0 spiro atoms. The molecular formula is C14H16O4S. The Morgan fingerprint density at radius 3 is 2.42 bits per heavy atom. The highest BCUT2D eigenvalue weighted by Crippen LogP contribution is 2.61. The van der Waals surface area contributed by atoms with Gasteiger partial charge in [0.25, 0.3) is 0 Å². The Morgan fingerprint density at radius 1 is 1.32 bits per heavy atom. The molecule has 102 valence electrons. The minimum Gasteiger partial charge on any atom is -0.464 e. The molecule has 1 aromatic rings. The molecule has 0 aromatic heterocycles. The van der Waals surface area contributed by atoms with Gasteiger partial charge in [0.2, 0.25) is 0 Å². The Morgan fingerprint density at radius 2 is 1.95 bits per heavy atom. The van der Waals surface area contributed by atoms with E-state index in [2.05, 4.69) is 0 Å². The van der Waals surface area contributed by atoms with Crippen LogP contribution in [0.4, 0.5) is 0 Å². The first-order valence-corrected chi connectivity index (χ1v) is 7.95. The number of hydrogen-bond acceptors (Lipinski definition) is 4. The molecule has 1 saturated heterocycles. The lowest BCUT2D eigenvalue weighted by atomic mass is 10.2. The number of hydrogen-bond donors (Lipinski definition) is 0. The maximum absolute atomic E-state index is 12.7. The van der Waals surface area contributed by atoms with E-state index in [0.717, 1.165) is 12.0 Å². The Labute approximate surface area is 112 Å². The third kappa shape index (κ3) is 1.39. The van der Waals surface area contributed by atoms with Crippen LogP contribution in [0.5, 0.6) is 0 Å². The number of rotatable bonds is 3. The highest BCUT2D eigenvalue weighted by atomic mass is 32.2. The average molecular weight is 280 g/mol. The summed E-state index contributed by atoms with van der Waals surface area (Å²) in [5, 5.41) is 0. The monoisotopic (exact) mass is 280 g/mol. The van der Waals surface area contributed by atoms with Crippen molar-refractivity contribution in [3.63, 3.8) is 0 Å². The van der Waals surface area contributed by atoms with Gasteiger partial charge < -0.3 is 4.74 Å². The summed E-state index contributed by atoms with van der Waals surface area (Å²) < 4.78 is 29.0. The quantitative estimate of drug-likeness (QED) is 0.789. The number of sulfone groups is 1. The summed E-state index contributed by atoms with van der Waals surface area (Å²) in [5.74, 6) is -0.912. The average Bonchev–Trinajstić information content (AvgIpc) is 2.84. The van der Waals surface area contributed by atoms with Gasteiger partial charge in [0.15, 0.2) is 14.6 Å². The molecule has 2 fully saturated rings. The lowest BCUT2D eigenvalue weighted by Gasteiger charge is -2.13. The van der Waals surface area contributed by atoms with Gasteiger partial charge in [-0.25, -0.2) is 8.42 Å². The van der Waals surface area contributed by atoms with Crippen molar-refractivity contribution in [2.45, 2.75) is 29.9 Å². The molecule has 4 nitrogen and oxygen atoms in total. The van der Waals surface area contributed by atoms with Gasteiger partial charge in [-0.05, 0) is 30.0 Å². The van der Waals surface area contributed by atoms with E-state index >= 15 is 0 Å². The van der Waals surface area contributed by atoms with Crippen LogP contribution < -0.4 is 0 Å². The molecule has 1 aromatic carbocycles. The summed E-state index contributed by atoms with van der Waals surface area (Å²) in [7, 11) is -3.66. The summed E-state index contributed by atoms with van der Waals surface area (Å²) in [6, 6.07) is 6.78. The molecular weight excluding hydrogens is 264 g/mol. The first-order valence-electron chi connectivity index (χ1n) is 6.47. The van der Waals surface area contributed by atoms with Crippen molar-refractivity contribution in [2.75, 3.05) is 6.61 Å². The van der Waals surface area contributed by atoms with Crippen LogP contribution in [0.3, 0.4) is 0 Å². The van der Waals surface area contributed by atoms with Gasteiger partial charge >= 0.3 is 5.97 Å². The second-order valence-corrected chi connectivity index (χ2v) is 7.44. The maximum Gasteiger partial charge on any atom is 0.328 e. The number of esters is 1. The maximum atomic E-state index is 12.7. The van der Waals surface area contributed by atoms with E-state index in [4.69, 9.17) is 4.74 Å². The molecule has 2 aliphatic rings. The number of cyclic esters (lactones) is 1.